The smallest absolute Gasteiger partial charge is 0.263 e. The van der Waals surface area contributed by atoms with Crippen LogP contribution < -0.4 is 4.72 Å². The average Bonchev–Trinajstić information content (AvgIpc) is 3.02. The first-order chi connectivity index (χ1) is 13.0. The van der Waals surface area contributed by atoms with Crippen molar-refractivity contribution in [1.82, 2.24) is 4.98 Å². The normalized spacial score (nSPS) is 16.5. The molecule has 154 valence electrons. The number of rotatable bonds is 5. The fourth-order valence-corrected chi connectivity index (χ4v) is 4.83. The Hall–Kier alpha value is -1.69. The molecule has 1 aromatic heterocycles. The van der Waals surface area contributed by atoms with Gasteiger partial charge >= 0.3 is 0 Å². The van der Waals surface area contributed by atoms with E-state index in [1.165, 1.54) is 0 Å². The number of anilines is 1. The zero-order valence-electron chi connectivity index (χ0n) is 13.9. The lowest BCUT2D eigenvalue weighted by molar-refractivity contribution is -0.117. The van der Waals surface area contributed by atoms with Crippen LogP contribution in [0, 0.1) is 17.0 Å². The summed E-state index contributed by atoms with van der Waals surface area (Å²) in [6.07, 6.45) is -7.29. The molecule has 4 nitrogen and oxygen atoms in total. The molecule has 0 unspecified atom stereocenters. The maximum atomic E-state index is 13.9. The zero-order chi connectivity index (χ0) is 20.9. The first-order valence-electron chi connectivity index (χ1n) is 7.91. The van der Waals surface area contributed by atoms with Crippen LogP contribution in [0.5, 0.6) is 0 Å². The zero-order valence-corrected chi connectivity index (χ0v) is 16.3. The van der Waals surface area contributed by atoms with Crippen LogP contribution in [0.2, 0.25) is 0 Å². The summed E-state index contributed by atoms with van der Waals surface area (Å²) in [4.78, 5) is 2.07. The molecule has 0 spiro atoms. The second-order valence-electron chi connectivity index (χ2n) is 6.47. The van der Waals surface area contributed by atoms with E-state index in [0.717, 1.165) is 12.3 Å². The van der Waals surface area contributed by atoms with Crippen molar-refractivity contribution in [3.8, 4) is 0 Å². The highest BCUT2D eigenvalue weighted by atomic mass is 79.9. The predicted molar refractivity (Wildman–Crippen MR) is 92.1 cm³/mol. The predicted octanol–water partition coefficient (Wildman–Crippen LogP) is 4.86. The topological polar surface area (TPSA) is 62.0 Å². The Morgan fingerprint density at radius 2 is 1.75 bits per heavy atom. The lowest BCUT2D eigenvalue weighted by atomic mass is 9.74. The van der Waals surface area contributed by atoms with Crippen molar-refractivity contribution in [2.75, 3.05) is 4.72 Å². The summed E-state index contributed by atoms with van der Waals surface area (Å²) in [5.74, 6) is -1.95. The van der Waals surface area contributed by atoms with E-state index in [1.54, 1.807) is 0 Å². The number of nitrogens with one attached hydrogen (secondary N) is 2. The van der Waals surface area contributed by atoms with E-state index in [1.807, 2.05) is 4.72 Å². The molecule has 1 aromatic carbocycles. The van der Waals surface area contributed by atoms with E-state index < -0.39 is 58.5 Å². The van der Waals surface area contributed by atoms with E-state index in [9.17, 15) is 34.8 Å². The number of H-pyrrole nitrogens is 1. The highest BCUT2D eigenvalue weighted by molar-refractivity contribution is 9.10. The Labute approximate surface area is 164 Å². The second-order valence-corrected chi connectivity index (χ2v) is 8.98. The van der Waals surface area contributed by atoms with Crippen LogP contribution in [0.3, 0.4) is 0 Å². The molecule has 12 heteroatoms. The Kier molecular flexibility index (Phi) is 5.47. The van der Waals surface area contributed by atoms with Gasteiger partial charge in [0.15, 0.2) is 0 Å². The van der Waals surface area contributed by atoms with Crippen molar-refractivity contribution in [1.29, 1.82) is 0 Å². The molecule has 0 radical (unpaired) electrons. The Morgan fingerprint density at radius 1 is 1.11 bits per heavy atom. The Morgan fingerprint density at radius 3 is 2.36 bits per heavy atom. The van der Waals surface area contributed by atoms with Gasteiger partial charge in [0, 0.05) is 24.4 Å². The molecule has 0 saturated carbocycles. The molecule has 1 heterocycles. The van der Waals surface area contributed by atoms with E-state index in [-0.39, 0.29) is 27.0 Å². The van der Waals surface area contributed by atoms with Crippen molar-refractivity contribution < 1.29 is 34.8 Å². The van der Waals surface area contributed by atoms with Crippen LogP contribution in [0.15, 0.2) is 27.7 Å². The lowest BCUT2D eigenvalue weighted by Gasteiger charge is -2.35. The molecular formula is C16H13BrF6N2O2S. The number of aromatic nitrogens is 1. The van der Waals surface area contributed by atoms with Crippen molar-refractivity contribution >= 4 is 31.6 Å². The van der Waals surface area contributed by atoms with Gasteiger partial charge in [0.2, 0.25) is 12.9 Å². The maximum Gasteiger partial charge on any atom is 0.263 e. The fourth-order valence-electron chi connectivity index (χ4n) is 3.19. The van der Waals surface area contributed by atoms with Crippen molar-refractivity contribution in [2.45, 2.75) is 37.0 Å². The number of sulfonamides is 1. The molecule has 0 saturated heterocycles. The first kappa shape index (κ1) is 21.0. The van der Waals surface area contributed by atoms with Crippen molar-refractivity contribution in [3.63, 3.8) is 0 Å². The maximum absolute atomic E-state index is 13.9. The number of alkyl halides is 4. The van der Waals surface area contributed by atoms with Crippen LogP contribution in [0.1, 0.15) is 17.7 Å². The third kappa shape index (κ3) is 3.51. The summed E-state index contributed by atoms with van der Waals surface area (Å²) in [5, 5.41) is 0. The highest BCUT2D eigenvalue weighted by Gasteiger charge is 2.51. The highest BCUT2D eigenvalue weighted by Crippen LogP contribution is 2.46. The molecule has 0 atom stereocenters. The standard InChI is InChI=1S/C16H13BrF6N2O2S/c17-8-3-10(19)11(4-9(8)18)25-28(26,27)13-6-24-12-5-16(14(20)21,15(22)23)2-1-7(12)13/h3-4,6,14-15,24-25H,1-2,5H2. The van der Waals surface area contributed by atoms with Gasteiger partial charge in [-0.05, 0) is 40.4 Å². The summed E-state index contributed by atoms with van der Waals surface area (Å²) in [6.45, 7) is 0. The number of benzene rings is 1. The van der Waals surface area contributed by atoms with Gasteiger partial charge in [-0.1, -0.05) is 0 Å². The van der Waals surface area contributed by atoms with E-state index in [4.69, 9.17) is 0 Å². The fraction of sp³-hybridized carbons (Fsp3) is 0.375. The molecule has 0 aliphatic heterocycles. The average molecular weight is 491 g/mol. The number of halogens is 7. The van der Waals surface area contributed by atoms with Gasteiger partial charge in [0.25, 0.3) is 10.0 Å². The summed E-state index contributed by atoms with van der Waals surface area (Å²) >= 11 is 2.76. The van der Waals surface area contributed by atoms with E-state index in [0.29, 0.717) is 6.07 Å². The number of hydrogen-bond donors (Lipinski definition) is 2. The first-order valence-corrected chi connectivity index (χ1v) is 10.2. The van der Waals surface area contributed by atoms with Gasteiger partial charge in [-0.3, -0.25) is 4.72 Å². The molecule has 1 aliphatic rings. The lowest BCUT2D eigenvalue weighted by Crippen LogP contribution is -2.42. The third-order valence-corrected chi connectivity index (χ3v) is 6.84. The van der Waals surface area contributed by atoms with Gasteiger partial charge in [-0.2, -0.15) is 0 Å². The summed E-state index contributed by atoms with van der Waals surface area (Å²) in [7, 11) is -4.42. The van der Waals surface area contributed by atoms with Crippen molar-refractivity contribution in [3.05, 3.63) is 45.7 Å². The van der Waals surface area contributed by atoms with Crippen LogP contribution >= 0.6 is 15.9 Å². The molecular weight excluding hydrogens is 478 g/mol. The number of fused-ring (bicyclic) bond motifs is 1. The van der Waals surface area contributed by atoms with Crippen LogP contribution in [0.25, 0.3) is 0 Å². The quantitative estimate of drug-likeness (QED) is 0.464. The second kappa shape index (κ2) is 7.29. The van der Waals surface area contributed by atoms with Gasteiger partial charge in [0.1, 0.15) is 16.5 Å². The molecule has 3 rings (SSSR count). The van der Waals surface area contributed by atoms with Gasteiger partial charge in [-0.15, -0.1) is 0 Å². The Bertz CT molecular complexity index is 1000. The van der Waals surface area contributed by atoms with E-state index in [2.05, 4.69) is 20.9 Å². The molecule has 1 aliphatic carbocycles. The summed E-state index contributed by atoms with van der Waals surface area (Å²) < 4.78 is 107. The molecule has 0 fully saturated rings. The molecule has 0 amide bonds. The third-order valence-electron chi connectivity index (χ3n) is 4.80. The van der Waals surface area contributed by atoms with Gasteiger partial charge in [-0.25, -0.2) is 34.8 Å². The number of hydrogen-bond acceptors (Lipinski definition) is 2. The SMILES string of the molecule is O=S(=O)(Nc1cc(F)c(Br)cc1F)c1c[nH]c2c1CCC(C(F)F)(C(F)F)C2. The largest absolute Gasteiger partial charge is 0.363 e. The van der Waals surface area contributed by atoms with E-state index >= 15 is 0 Å². The summed E-state index contributed by atoms with van der Waals surface area (Å²) in [6, 6.07) is 1.37. The molecule has 2 aromatic rings. The molecule has 0 bridgehead atoms. The Balaban J connectivity index is 1.95. The molecule has 28 heavy (non-hydrogen) atoms. The number of aromatic amines is 1. The van der Waals surface area contributed by atoms with Crippen molar-refractivity contribution in [2.24, 2.45) is 5.41 Å². The minimum absolute atomic E-state index is 0.0466. The summed E-state index contributed by atoms with van der Waals surface area (Å²) in [5.41, 5.74) is -3.19. The monoisotopic (exact) mass is 490 g/mol. The van der Waals surface area contributed by atoms with Crippen LogP contribution in [0.4, 0.5) is 32.0 Å². The molecule has 2 N–H and O–H groups in total. The minimum Gasteiger partial charge on any atom is -0.363 e. The van der Waals surface area contributed by atoms with Gasteiger partial charge < -0.3 is 4.98 Å². The van der Waals surface area contributed by atoms with Gasteiger partial charge in [0.05, 0.1) is 15.6 Å². The minimum atomic E-state index is -4.42. The van der Waals surface area contributed by atoms with Crippen LogP contribution in [-0.2, 0) is 22.9 Å². The van der Waals surface area contributed by atoms with Crippen LogP contribution in [-0.4, -0.2) is 26.3 Å².